The highest BCUT2D eigenvalue weighted by molar-refractivity contribution is 7.99. The maximum atomic E-state index is 11.3. The van der Waals surface area contributed by atoms with Crippen LogP contribution >= 0.6 is 11.8 Å². The van der Waals surface area contributed by atoms with Gasteiger partial charge in [-0.3, -0.25) is 9.59 Å². The second-order valence-electron chi connectivity index (χ2n) is 4.99. The molecule has 0 aliphatic heterocycles. The average Bonchev–Trinajstić information content (AvgIpc) is 2.26. The van der Waals surface area contributed by atoms with Crippen molar-refractivity contribution >= 4 is 23.5 Å². The number of thioether (sulfide) groups is 1. The number of carbonyl (C=O) groups is 1. The first-order valence-corrected chi connectivity index (χ1v) is 7.10. The molecule has 104 valence electrons. The Morgan fingerprint density at radius 2 is 2.32 bits per heavy atom. The zero-order chi connectivity index (χ0) is 14.0. The lowest BCUT2D eigenvalue weighted by Crippen LogP contribution is -2.32. The number of nitrogens with one attached hydrogen (secondary N) is 1. The third-order valence-electron chi connectivity index (χ3n) is 3.37. The van der Waals surface area contributed by atoms with Crippen LogP contribution in [0.2, 0.25) is 0 Å². The molecule has 3 atom stereocenters. The van der Waals surface area contributed by atoms with Crippen LogP contribution in [0.15, 0.2) is 16.0 Å². The highest BCUT2D eigenvalue weighted by Gasteiger charge is 2.34. The van der Waals surface area contributed by atoms with E-state index in [0.717, 1.165) is 12.8 Å². The van der Waals surface area contributed by atoms with Crippen LogP contribution in [0.1, 0.15) is 26.2 Å². The number of hydrogen-bond acceptors (Lipinski definition) is 5. The number of carboxylic acid groups (broad SMARTS) is 1. The first-order valence-electron chi connectivity index (χ1n) is 6.22. The molecule has 6 nitrogen and oxygen atoms in total. The summed E-state index contributed by atoms with van der Waals surface area (Å²) in [5.74, 6) is -0.536. The molecule has 7 heteroatoms. The fraction of sp³-hybridized carbons (Fsp3) is 0.583. The van der Waals surface area contributed by atoms with Crippen LogP contribution in [0, 0.1) is 11.8 Å². The molecule has 0 saturated heterocycles. The molecule has 0 aromatic carbocycles. The molecule has 1 heterocycles. The normalized spacial score (nSPS) is 27.1. The number of rotatable bonds is 3. The smallest absolute Gasteiger partial charge is 0.307 e. The van der Waals surface area contributed by atoms with Crippen LogP contribution in [0.25, 0.3) is 0 Å². The van der Waals surface area contributed by atoms with E-state index in [2.05, 4.69) is 16.9 Å². The lowest BCUT2D eigenvalue weighted by atomic mass is 9.82. The van der Waals surface area contributed by atoms with E-state index in [4.69, 9.17) is 5.73 Å². The molecule has 1 fully saturated rings. The lowest BCUT2D eigenvalue weighted by molar-refractivity contribution is -0.142. The average molecular weight is 283 g/mol. The second-order valence-corrected chi connectivity index (χ2v) is 6.22. The number of aliphatic carboxylic acids is 1. The molecule has 1 aromatic heterocycles. The summed E-state index contributed by atoms with van der Waals surface area (Å²) in [5, 5.41) is 9.57. The number of carboxylic acids is 1. The zero-order valence-corrected chi connectivity index (χ0v) is 11.4. The Morgan fingerprint density at radius 3 is 2.95 bits per heavy atom. The van der Waals surface area contributed by atoms with Crippen LogP contribution in [-0.4, -0.2) is 26.3 Å². The highest BCUT2D eigenvalue weighted by atomic mass is 32.2. The molecule has 0 radical (unpaired) electrons. The fourth-order valence-corrected chi connectivity index (χ4v) is 3.84. The molecule has 0 amide bonds. The predicted octanol–water partition coefficient (Wildman–Crippen LogP) is 1.33. The van der Waals surface area contributed by atoms with Crippen molar-refractivity contribution in [1.29, 1.82) is 0 Å². The van der Waals surface area contributed by atoms with Crippen molar-refractivity contribution in [3.8, 4) is 0 Å². The number of nitrogens with two attached hydrogens (primary N) is 1. The third-order valence-corrected chi connectivity index (χ3v) is 4.61. The number of nitrogens with zero attached hydrogens (tertiary/aromatic N) is 1. The van der Waals surface area contributed by atoms with Gasteiger partial charge in [0.1, 0.15) is 5.82 Å². The fourth-order valence-electron chi connectivity index (χ4n) is 2.39. The summed E-state index contributed by atoms with van der Waals surface area (Å²) in [6.07, 6.45) is 2.40. The van der Waals surface area contributed by atoms with Crippen molar-refractivity contribution in [3.63, 3.8) is 0 Å². The minimum Gasteiger partial charge on any atom is -0.481 e. The molecule has 1 aliphatic rings. The van der Waals surface area contributed by atoms with E-state index in [1.165, 1.54) is 17.8 Å². The van der Waals surface area contributed by atoms with Gasteiger partial charge in [-0.25, -0.2) is 4.98 Å². The Labute approximate surface area is 114 Å². The Morgan fingerprint density at radius 1 is 1.58 bits per heavy atom. The van der Waals surface area contributed by atoms with Crippen LogP contribution in [-0.2, 0) is 4.79 Å². The van der Waals surface area contributed by atoms with Crippen molar-refractivity contribution < 1.29 is 9.90 Å². The monoisotopic (exact) mass is 283 g/mol. The summed E-state index contributed by atoms with van der Waals surface area (Å²) in [6, 6.07) is 1.21. The van der Waals surface area contributed by atoms with Crippen LogP contribution in [0.3, 0.4) is 0 Å². The van der Waals surface area contributed by atoms with Gasteiger partial charge >= 0.3 is 5.97 Å². The maximum absolute atomic E-state index is 11.3. The summed E-state index contributed by atoms with van der Waals surface area (Å²) >= 11 is 1.31. The van der Waals surface area contributed by atoms with E-state index in [0.29, 0.717) is 17.5 Å². The molecule has 3 unspecified atom stereocenters. The molecular formula is C12H17N3O3S. The van der Waals surface area contributed by atoms with Gasteiger partial charge in [0.2, 0.25) is 0 Å². The SMILES string of the molecule is CC1CCC(C(=O)O)C(Sc2nc(N)cc(=O)[nH]2)C1. The summed E-state index contributed by atoms with van der Waals surface area (Å²) in [5.41, 5.74) is 5.21. The van der Waals surface area contributed by atoms with E-state index in [9.17, 15) is 14.7 Å². The highest BCUT2D eigenvalue weighted by Crippen LogP contribution is 2.38. The number of anilines is 1. The van der Waals surface area contributed by atoms with E-state index in [-0.39, 0.29) is 16.6 Å². The van der Waals surface area contributed by atoms with Gasteiger partial charge < -0.3 is 15.8 Å². The summed E-state index contributed by atoms with van der Waals surface area (Å²) < 4.78 is 0. The number of aromatic amines is 1. The van der Waals surface area contributed by atoms with Gasteiger partial charge in [-0.05, 0) is 25.2 Å². The van der Waals surface area contributed by atoms with Gasteiger partial charge in [0.15, 0.2) is 5.16 Å². The third kappa shape index (κ3) is 3.50. The van der Waals surface area contributed by atoms with Crippen molar-refractivity contribution in [2.24, 2.45) is 11.8 Å². The van der Waals surface area contributed by atoms with Gasteiger partial charge in [-0.15, -0.1) is 0 Å². The molecule has 0 spiro atoms. The van der Waals surface area contributed by atoms with Crippen molar-refractivity contribution in [3.05, 3.63) is 16.4 Å². The van der Waals surface area contributed by atoms with Crippen LogP contribution in [0.4, 0.5) is 5.82 Å². The Hall–Kier alpha value is -1.50. The first kappa shape index (κ1) is 13.9. The second kappa shape index (κ2) is 5.64. The minimum atomic E-state index is -0.782. The topological polar surface area (TPSA) is 109 Å². The Kier molecular flexibility index (Phi) is 4.14. The molecule has 0 bridgehead atoms. The predicted molar refractivity (Wildman–Crippen MR) is 73.1 cm³/mol. The molecule has 1 saturated carbocycles. The molecule has 2 rings (SSSR count). The van der Waals surface area contributed by atoms with E-state index in [1.807, 2.05) is 0 Å². The molecule has 19 heavy (non-hydrogen) atoms. The number of hydrogen-bond donors (Lipinski definition) is 3. The van der Waals surface area contributed by atoms with Gasteiger partial charge in [0.25, 0.3) is 5.56 Å². The van der Waals surface area contributed by atoms with Crippen LogP contribution < -0.4 is 11.3 Å². The molecule has 1 aliphatic carbocycles. The Balaban J connectivity index is 2.18. The number of nitrogen functional groups attached to an aromatic ring is 1. The van der Waals surface area contributed by atoms with Gasteiger partial charge in [-0.1, -0.05) is 18.7 Å². The summed E-state index contributed by atoms with van der Waals surface area (Å²) in [4.78, 5) is 29.2. The summed E-state index contributed by atoms with van der Waals surface area (Å²) in [6.45, 7) is 2.11. The van der Waals surface area contributed by atoms with Gasteiger partial charge in [0, 0.05) is 11.3 Å². The molecular weight excluding hydrogens is 266 g/mol. The zero-order valence-electron chi connectivity index (χ0n) is 10.6. The Bertz CT molecular complexity index is 531. The van der Waals surface area contributed by atoms with Crippen molar-refractivity contribution in [2.75, 3.05) is 5.73 Å². The van der Waals surface area contributed by atoms with E-state index in [1.54, 1.807) is 0 Å². The van der Waals surface area contributed by atoms with Gasteiger partial charge in [0.05, 0.1) is 5.92 Å². The summed E-state index contributed by atoms with van der Waals surface area (Å²) in [7, 11) is 0. The number of aromatic nitrogens is 2. The first-order chi connectivity index (χ1) is 8.95. The van der Waals surface area contributed by atoms with E-state index >= 15 is 0 Å². The minimum absolute atomic E-state index is 0.0776. The molecule has 4 N–H and O–H groups in total. The molecule has 1 aromatic rings. The van der Waals surface area contributed by atoms with Crippen molar-refractivity contribution in [2.45, 2.75) is 36.6 Å². The quantitative estimate of drug-likeness (QED) is 0.722. The maximum Gasteiger partial charge on any atom is 0.307 e. The largest absolute Gasteiger partial charge is 0.481 e. The van der Waals surface area contributed by atoms with Crippen molar-refractivity contribution in [1.82, 2.24) is 9.97 Å². The lowest BCUT2D eigenvalue weighted by Gasteiger charge is -2.31. The number of H-pyrrole nitrogens is 1. The van der Waals surface area contributed by atoms with Gasteiger partial charge in [-0.2, -0.15) is 0 Å². The standard InChI is InChI=1S/C12H17N3O3S/c1-6-2-3-7(11(17)18)8(4-6)19-12-14-9(13)5-10(16)15-12/h5-8H,2-4H2,1H3,(H,17,18)(H3,13,14,15,16). The van der Waals surface area contributed by atoms with E-state index < -0.39 is 11.9 Å². The van der Waals surface area contributed by atoms with Crippen LogP contribution in [0.5, 0.6) is 0 Å².